The first-order valence-electron chi connectivity index (χ1n) is 9.01. The van der Waals surface area contributed by atoms with Crippen LogP contribution >= 0.6 is 23.1 Å². The van der Waals surface area contributed by atoms with Crippen LogP contribution in [0.2, 0.25) is 0 Å². The van der Waals surface area contributed by atoms with Gasteiger partial charge in [-0.15, -0.1) is 11.3 Å². The van der Waals surface area contributed by atoms with Crippen molar-refractivity contribution in [3.63, 3.8) is 0 Å². The number of fused-ring (bicyclic) bond motifs is 3. The molecule has 0 fully saturated rings. The number of aryl methyl sites for hydroxylation is 2. The van der Waals surface area contributed by atoms with Crippen LogP contribution in [0.1, 0.15) is 42.0 Å². The molecule has 6 nitrogen and oxygen atoms in total. The minimum atomic E-state index is -0.198. The van der Waals surface area contributed by atoms with Crippen molar-refractivity contribution >= 4 is 39.2 Å². The van der Waals surface area contributed by atoms with Crippen LogP contribution in [0.5, 0.6) is 0 Å². The summed E-state index contributed by atoms with van der Waals surface area (Å²) in [5, 5.41) is 4.25. The number of nitrogens with zero attached hydrogens (tertiary/aromatic N) is 2. The van der Waals surface area contributed by atoms with E-state index in [1.54, 1.807) is 35.3 Å². The predicted octanol–water partition coefficient (Wildman–Crippen LogP) is 3.44. The molecule has 8 heteroatoms. The molecule has 0 bridgehead atoms. The van der Waals surface area contributed by atoms with Crippen molar-refractivity contribution < 1.29 is 9.21 Å². The lowest BCUT2D eigenvalue weighted by atomic mass is 9.97. The summed E-state index contributed by atoms with van der Waals surface area (Å²) in [5.74, 6) is 0.787. The van der Waals surface area contributed by atoms with Crippen molar-refractivity contribution in [3.8, 4) is 0 Å². The molecule has 3 aromatic rings. The Morgan fingerprint density at radius 1 is 1.44 bits per heavy atom. The lowest BCUT2D eigenvalue weighted by molar-refractivity contribution is -0.119. The smallest absolute Gasteiger partial charge is 0.262 e. The van der Waals surface area contributed by atoms with Crippen LogP contribution in [0.15, 0.2) is 32.8 Å². The fraction of sp³-hybridized carbons (Fsp3) is 0.421. The van der Waals surface area contributed by atoms with Gasteiger partial charge in [-0.3, -0.25) is 14.2 Å². The summed E-state index contributed by atoms with van der Waals surface area (Å²) in [5.41, 5.74) is 1.18. The maximum absolute atomic E-state index is 12.9. The van der Waals surface area contributed by atoms with E-state index in [4.69, 9.17) is 4.42 Å². The minimum absolute atomic E-state index is 0.00809. The number of aromatic nitrogens is 2. The van der Waals surface area contributed by atoms with Crippen molar-refractivity contribution in [3.05, 3.63) is 45.0 Å². The summed E-state index contributed by atoms with van der Waals surface area (Å²) in [7, 11) is 1.73. The third-order valence-electron chi connectivity index (χ3n) is 4.84. The molecule has 3 heterocycles. The van der Waals surface area contributed by atoms with Crippen LogP contribution in [0, 0.1) is 0 Å². The molecule has 0 unspecified atom stereocenters. The second-order valence-corrected chi connectivity index (χ2v) is 8.77. The SMILES string of the molecule is C[C@@H](NC(=O)CSc1nc2sc3c(c2c(=O)n1C)CCCC3)c1ccco1. The Morgan fingerprint density at radius 2 is 2.26 bits per heavy atom. The summed E-state index contributed by atoms with van der Waals surface area (Å²) < 4.78 is 6.87. The molecule has 0 saturated carbocycles. The van der Waals surface area contributed by atoms with E-state index >= 15 is 0 Å². The van der Waals surface area contributed by atoms with Gasteiger partial charge in [0.25, 0.3) is 5.56 Å². The molecular weight excluding hydrogens is 382 g/mol. The number of furan rings is 1. The van der Waals surface area contributed by atoms with Crippen molar-refractivity contribution in [2.75, 3.05) is 5.75 Å². The fourth-order valence-electron chi connectivity index (χ4n) is 3.42. The quantitative estimate of drug-likeness (QED) is 0.522. The van der Waals surface area contributed by atoms with E-state index in [1.807, 2.05) is 13.0 Å². The number of thioether (sulfide) groups is 1. The highest BCUT2D eigenvalue weighted by molar-refractivity contribution is 7.99. The monoisotopic (exact) mass is 403 g/mol. The Hall–Kier alpha value is -2.06. The molecule has 1 aliphatic carbocycles. The summed E-state index contributed by atoms with van der Waals surface area (Å²) in [6.07, 6.45) is 5.89. The first-order valence-corrected chi connectivity index (χ1v) is 10.8. The molecule has 3 aromatic heterocycles. The molecule has 1 N–H and O–H groups in total. The average molecular weight is 404 g/mol. The number of thiophene rings is 1. The van der Waals surface area contributed by atoms with Gasteiger partial charge in [0, 0.05) is 11.9 Å². The molecule has 0 saturated heterocycles. The first-order chi connectivity index (χ1) is 13.0. The largest absolute Gasteiger partial charge is 0.467 e. The zero-order chi connectivity index (χ0) is 19.0. The third-order valence-corrected chi connectivity index (χ3v) is 7.05. The van der Waals surface area contributed by atoms with Crippen LogP contribution < -0.4 is 10.9 Å². The highest BCUT2D eigenvalue weighted by atomic mass is 32.2. The molecule has 1 atom stereocenters. The van der Waals surface area contributed by atoms with Gasteiger partial charge in [-0.2, -0.15) is 0 Å². The van der Waals surface area contributed by atoms with Gasteiger partial charge in [-0.05, 0) is 50.3 Å². The number of hydrogen-bond acceptors (Lipinski definition) is 6. The topological polar surface area (TPSA) is 77.1 Å². The zero-order valence-corrected chi connectivity index (χ0v) is 16.9. The molecular formula is C19H21N3O3S2. The number of carbonyl (C=O) groups excluding carboxylic acids is 1. The molecule has 0 spiro atoms. The van der Waals surface area contributed by atoms with Crippen molar-refractivity contribution in [1.82, 2.24) is 14.9 Å². The van der Waals surface area contributed by atoms with E-state index in [0.717, 1.165) is 29.5 Å². The van der Waals surface area contributed by atoms with Gasteiger partial charge in [0.2, 0.25) is 5.91 Å². The maximum atomic E-state index is 12.9. The van der Waals surface area contributed by atoms with Crippen LogP contribution in [0.3, 0.4) is 0 Å². The Balaban J connectivity index is 1.51. The van der Waals surface area contributed by atoms with Crippen molar-refractivity contribution in [2.24, 2.45) is 7.05 Å². The maximum Gasteiger partial charge on any atom is 0.262 e. The van der Waals surface area contributed by atoms with E-state index in [9.17, 15) is 9.59 Å². The van der Waals surface area contributed by atoms with Crippen LogP contribution in [-0.2, 0) is 24.7 Å². The second kappa shape index (κ2) is 7.52. The normalized spacial score (nSPS) is 14.9. The van der Waals surface area contributed by atoms with Crippen LogP contribution in [0.25, 0.3) is 10.2 Å². The Labute approximate surface area is 165 Å². The fourth-order valence-corrected chi connectivity index (χ4v) is 5.50. The number of amides is 1. The minimum Gasteiger partial charge on any atom is -0.467 e. The van der Waals surface area contributed by atoms with E-state index < -0.39 is 0 Å². The zero-order valence-electron chi connectivity index (χ0n) is 15.3. The lowest BCUT2D eigenvalue weighted by Gasteiger charge is -2.12. The van der Waals surface area contributed by atoms with Gasteiger partial charge >= 0.3 is 0 Å². The van der Waals surface area contributed by atoms with Gasteiger partial charge in [0.1, 0.15) is 10.6 Å². The number of hydrogen-bond donors (Lipinski definition) is 1. The van der Waals surface area contributed by atoms with Crippen LogP contribution in [0.4, 0.5) is 0 Å². The third kappa shape index (κ3) is 3.55. The summed E-state index contributed by atoms with van der Waals surface area (Å²) in [4.78, 5) is 31.9. The van der Waals surface area contributed by atoms with Crippen molar-refractivity contribution in [1.29, 1.82) is 0 Å². The molecule has 1 aliphatic rings. The lowest BCUT2D eigenvalue weighted by Crippen LogP contribution is -2.28. The number of carbonyl (C=O) groups is 1. The molecule has 27 heavy (non-hydrogen) atoms. The molecule has 4 rings (SSSR count). The van der Waals surface area contributed by atoms with Gasteiger partial charge in [-0.1, -0.05) is 11.8 Å². The molecule has 0 radical (unpaired) electrons. The standard InChI is InChI=1S/C19H21N3O3S2/c1-11(13-7-5-9-25-13)20-15(23)10-26-19-21-17-16(18(24)22(19)2)12-6-3-4-8-14(12)27-17/h5,7,9,11H,3-4,6,8,10H2,1-2H3,(H,20,23)/t11-/m1/s1. The summed E-state index contributed by atoms with van der Waals surface area (Å²) >= 11 is 2.91. The van der Waals surface area contributed by atoms with E-state index in [1.165, 1.54) is 28.6 Å². The Kier molecular flexibility index (Phi) is 5.10. The molecule has 0 aromatic carbocycles. The van der Waals surface area contributed by atoms with E-state index in [2.05, 4.69) is 10.3 Å². The summed E-state index contributed by atoms with van der Waals surface area (Å²) in [6.45, 7) is 1.87. The second-order valence-electron chi connectivity index (χ2n) is 6.74. The van der Waals surface area contributed by atoms with E-state index in [0.29, 0.717) is 10.9 Å². The van der Waals surface area contributed by atoms with Crippen molar-refractivity contribution in [2.45, 2.75) is 43.8 Å². The van der Waals surface area contributed by atoms with Gasteiger partial charge in [0.15, 0.2) is 5.16 Å². The predicted molar refractivity (Wildman–Crippen MR) is 107 cm³/mol. The molecule has 142 valence electrons. The number of rotatable bonds is 5. The summed E-state index contributed by atoms with van der Waals surface area (Å²) in [6, 6.07) is 3.43. The van der Waals surface area contributed by atoms with Gasteiger partial charge < -0.3 is 9.73 Å². The Morgan fingerprint density at radius 3 is 3.04 bits per heavy atom. The molecule has 0 aliphatic heterocycles. The molecule has 1 amide bonds. The Bertz CT molecular complexity index is 1040. The highest BCUT2D eigenvalue weighted by Gasteiger charge is 2.21. The van der Waals surface area contributed by atoms with E-state index in [-0.39, 0.29) is 23.3 Å². The highest BCUT2D eigenvalue weighted by Crippen LogP contribution is 2.34. The first kappa shape index (κ1) is 18.3. The van der Waals surface area contributed by atoms with Gasteiger partial charge in [-0.25, -0.2) is 4.98 Å². The number of nitrogens with one attached hydrogen (secondary N) is 1. The van der Waals surface area contributed by atoms with Gasteiger partial charge in [0.05, 0.1) is 23.4 Å². The average Bonchev–Trinajstić information content (AvgIpc) is 3.31. The van der Waals surface area contributed by atoms with Crippen LogP contribution in [-0.4, -0.2) is 21.2 Å².